The summed E-state index contributed by atoms with van der Waals surface area (Å²) in [7, 11) is -3.67. The predicted octanol–water partition coefficient (Wildman–Crippen LogP) is 2.65. The van der Waals surface area contributed by atoms with Gasteiger partial charge in [-0.1, -0.05) is 13.0 Å². The minimum Gasteiger partial charge on any atom is -0.466 e. The summed E-state index contributed by atoms with van der Waals surface area (Å²) in [6, 6.07) is 4.73. The Morgan fingerprint density at radius 1 is 1.14 bits per heavy atom. The highest BCUT2D eigenvalue weighted by atomic mass is 32.2. The minimum atomic E-state index is -3.67. The first-order chi connectivity index (χ1) is 13.6. The number of hydrogen-bond donors (Lipinski definition) is 0. The van der Waals surface area contributed by atoms with Crippen molar-refractivity contribution in [1.29, 1.82) is 0 Å². The van der Waals surface area contributed by atoms with Gasteiger partial charge < -0.3 is 9.64 Å². The van der Waals surface area contributed by atoms with Crippen LogP contribution in [0, 0.1) is 19.8 Å². The van der Waals surface area contributed by atoms with Crippen LogP contribution < -0.4 is 4.31 Å². The molecule has 0 spiro atoms. The number of likely N-dealkylation sites (tertiary alicyclic amines) is 1. The number of benzene rings is 1. The summed E-state index contributed by atoms with van der Waals surface area (Å²) < 4.78 is 31.6. The van der Waals surface area contributed by atoms with E-state index < -0.39 is 16.1 Å². The fourth-order valence-electron chi connectivity index (χ4n) is 3.93. The summed E-state index contributed by atoms with van der Waals surface area (Å²) in [6.45, 7) is 8.57. The van der Waals surface area contributed by atoms with Gasteiger partial charge in [-0.2, -0.15) is 0 Å². The van der Waals surface area contributed by atoms with Gasteiger partial charge in [0.2, 0.25) is 15.9 Å². The van der Waals surface area contributed by atoms with Gasteiger partial charge in [-0.15, -0.1) is 0 Å². The van der Waals surface area contributed by atoms with E-state index >= 15 is 0 Å². The molecule has 1 aromatic carbocycles. The molecule has 1 fully saturated rings. The molecule has 0 aromatic heterocycles. The summed E-state index contributed by atoms with van der Waals surface area (Å²) in [6.07, 6.45) is 2.55. The topological polar surface area (TPSA) is 84.0 Å². The highest BCUT2D eigenvalue weighted by Gasteiger charge is 2.36. The van der Waals surface area contributed by atoms with Crippen LogP contribution >= 0.6 is 0 Å². The average Bonchev–Trinajstić information content (AvgIpc) is 2.64. The van der Waals surface area contributed by atoms with Crippen molar-refractivity contribution in [3.63, 3.8) is 0 Å². The summed E-state index contributed by atoms with van der Waals surface area (Å²) in [5.74, 6) is -0.649. The number of carbonyl (C=O) groups excluding carboxylic acids is 2. The molecule has 0 N–H and O–H groups in total. The van der Waals surface area contributed by atoms with Crippen molar-refractivity contribution in [2.24, 2.45) is 5.92 Å². The molecule has 0 aliphatic carbocycles. The number of anilines is 1. The molecule has 7 nitrogen and oxygen atoms in total. The van der Waals surface area contributed by atoms with E-state index in [4.69, 9.17) is 4.74 Å². The van der Waals surface area contributed by atoms with Gasteiger partial charge in [0.05, 0.1) is 24.5 Å². The van der Waals surface area contributed by atoms with Crippen molar-refractivity contribution < 1.29 is 22.7 Å². The van der Waals surface area contributed by atoms with Crippen molar-refractivity contribution in [3.8, 4) is 0 Å². The van der Waals surface area contributed by atoms with E-state index in [0.717, 1.165) is 17.4 Å². The molecule has 1 aliphatic heterocycles. The second-order valence-corrected chi connectivity index (χ2v) is 9.54. The van der Waals surface area contributed by atoms with Crippen molar-refractivity contribution in [1.82, 2.24) is 4.90 Å². The third-order valence-corrected chi connectivity index (χ3v) is 6.38. The summed E-state index contributed by atoms with van der Waals surface area (Å²) in [4.78, 5) is 26.9. The van der Waals surface area contributed by atoms with Gasteiger partial charge in [0, 0.05) is 13.1 Å². The molecule has 1 atom stereocenters. The van der Waals surface area contributed by atoms with E-state index in [-0.39, 0.29) is 17.8 Å². The van der Waals surface area contributed by atoms with Crippen LogP contribution in [-0.2, 0) is 24.3 Å². The van der Waals surface area contributed by atoms with E-state index in [9.17, 15) is 18.0 Å². The molecule has 1 aliphatic rings. The number of ether oxygens (including phenoxy) is 1. The smallest absolute Gasteiger partial charge is 0.309 e. The van der Waals surface area contributed by atoms with Gasteiger partial charge in [0.25, 0.3) is 0 Å². The highest BCUT2D eigenvalue weighted by molar-refractivity contribution is 7.92. The normalized spacial score (nSPS) is 16.4. The Hall–Kier alpha value is -2.09. The fourth-order valence-corrected chi connectivity index (χ4v) is 5.12. The van der Waals surface area contributed by atoms with E-state index in [0.29, 0.717) is 44.6 Å². The number of rotatable bonds is 7. The Morgan fingerprint density at radius 3 is 2.14 bits per heavy atom. The lowest BCUT2D eigenvalue weighted by atomic mass is 9.96. The first-order valence-corrected chi connectivity index (χ1v) is 12.0. The Balaban J connectivity index is 2.25. The lowest BCUT2D eigenvalue weighted by Crippen LogP contribution is -2.52. The van der Waals surface area contributed by atoms with Crippen molar-refractivity contribution >= 4 is 27.6 Å². The Bertz CT molecular complexity index is 824. The SMILES string of the molecule is CCOC(=O)C1CCN(C(=O)[C@H](CC)N(c2cc(C)cc(C)c2)S(C)(=O)=O)CC1. The Labute approximate surface area is 174 Å². The first-order valence-electron chi connectivity index (χ1n) is 10.1. The number of hydrogen-bond acceptors (Lipinski definition) is 5. The largest absolute Gasteiger partial charge is 0.466 e. The van der Waals surface area contributed by atoms with Crippen molar-refractivity contribution in [2.75, 3.05) is 30.3 Å². The van der Waals surface area contributed by atoms with Crippen LogP contribution in [0.2, 0.25) is 0 Å². The maximum Gasteiger partial charge on any atom is 0.309 e. The van der Waals surface area contributed by atoms with Crippen molar-refractivity contribution in [3.05, 3.63) is 29.3 Å². The molecular weight excluding hydrogens is 392 g/mol. The Morgan fingerprint density at radius 2 is 1.69 bits per heavy atom. The van der Waals surface area contributed by atoms with Crippen LogP contribution in [0.1, 0.15) is 44.2 Å². The van der Waals surface area contributed by atoms with Gasteiger partial charge in [-0.3, -0.25) is 13.9 Å². The lowest BCUT2D eigenvalue weighted by Gasteiger charge is -2.37. The quantitative estimate of drug-likeness (QED) is 0.629. The first kappa shape index (κ1) is 23.2. The molecule has 8 heteroatoms. The molecule has 162 valence electrons. The zero-order valence-electron chi connectivity index (χ0n) is 18.0. The number of esters is 1. The van der Waals surface area contributed by atoms with Crippen LogP contribution in [0.5, 0.6) is 0 Å². The van der Waals surface area contributed by atoms with Gasteiger partial charge in [-0.25, -0.2) is 8.42 Å². The molecule has 0 bridgehead atoms. The van der Waals surface area contributed by atoms with Crippen LogP contribution in [0.15, 0.2) is 18.2 Å². The minimum absolute atomic E-state index is 0.204. The second kappa shape index (κ2) is 9.61. The third kappa shape index (κ3) is 5.72. The van der Waals surface area contributed by atoms with Crippen LogP contribution in [0.3, 0.4) is 0 Å². The zero-order valence-corrected chi connectivity index (χ0v) is 18.8. The molecule has 1 aromatic rings. The third-order valence-electron chi connectivity index (χ3n) is 5.20. The van der Waals surface area contributed by atoms with Gasteiger partial charge in [0.1, 0.15) is 6.04 Å². The van der Waals surface area contributed by atoms with Crippen LogP contribution in [0.25, 0.3) is 0 Å². The number of amides is 1. The highest BCUT2D eigenvalue weighted by Crippen LogP contribution is 2.27. The number of sulfonamides is 1. The molecule has 0 radical (unpaired) electrons. The molecule has 1 heterocycles. The maximum absolute atomic E-state index is 13.3. The molecular formula is C21H32N2O5S. The zero-order chi connectivity index (χ0) is 21.8. The maximum atomic E-state index is 13.3. The number of carbonyl (C=O) groups is 2. The molecule has 1 amide bonds. The number of aryl methyl sites for hydroxylation is 2. The Kier molecular flexibility index (Phi) is 7.68. The summed E-state index contributed by atoms with van der Waals surface area (Å²) in [5.41, 5.74) is 2.38. The van der Waals surface area contributed by atoms with Gasteiger partial charge >= 0.3 is 5.97 Å². The number of nitrogens with zero attached hydrogens (tertiary/aromatic N) is 2. The fraction of sp³-hybridized carbons (Fsp3) is 0.619. The van der Waals surface area contributed by atoms with Crippen LogP contribution in [0.4, 0.5) is 5.69 Å². The van der Waals surface area contributed by atoms with Crippen LogP contribution in [-0.4, -0.2) is 57.2 Å². The van der Waals surface area contributed by atoms with Crippen molar-refractivity contribution in [2.45, 2.75) is 53.0 Å². The molecule has 1 saturated heterocycles. The predicted molar refractivity (Wildman–Crippen MR) is 113 cm³/mol. The summed E-state index contributed by atoms with van der Waals surface area (Å²) >= 11 is 0. The van der Waals surface area contributed by atoms with E-state index in [1.807, 2.05) is 26.8 Å². The monoisotopic (exact) mass is 424 g/mol. The van der Waals surface area contributed by atoms with Gasteiger partial charge in [0.15, 0.2) is 0 Å². The molecule has 0 saturated carbocycles. The molecule has 2 rings (SSSR count). The number of piperidine rings is 1. The lowest BCUT2D eigenvalue weighted by molar-refractivity contribution is -0.151. The molecule has 29 heavy (non-hydrogen) atoms. The standard InChI is InChI=1S/C21H32N2O5S/c1-6-19(20(24)22-10-8-17(9-11-22)21(25)28-7-2)23(29(5,26)27)18-13-15(3)12-16(4)14-18/h12-14,17,19H,6-11H2,1-5H3/t19-/m0/s1. The summed E-state index contributed by atoms with van der Waals surface area (Å²) in [5, 5.41) is 0. The molecule has 0 unspecified atom stereocenters. The second-order valence-electron chi connectivity index (χ2n) is 7.68. The average molecular weight is 425 g/mol. The van der Waals surface area contributed by atoms with Gasteiger partial charge in [-0.05, 0) is 63.3 Å². The van der Waals surface area contributed by atoms with E-state index in [1.54, 1.807) is 24.0 Å². The van der Waals surface area contributed by atoms with E-state index in [2.05, 4.69) is 0 Å². The van der Waals surface area contributed by atoms with E-state index in [1.165, 1.54) is 4.31 Å².